The third-order valence-electron chi connectivity index (χ3n) is 4.76. The Kier molecular flexibility index (Phi) is 11.2. The average Bonchev–Trinajstić information content (AvgIpc) is 3.55. The normalized spacial score (nSPS) is 10.5. The number of halogens is 1. The van der Waals surface area contributed by atoms with Gasteiger partial charge in [0.1, 0.15) is 28.8 Å². The zero-order valence-corrected chi connectivity index (χ0v) is 22.8. The van der Waals surface area contributed by atoms with Crippen molar-refractivity contribution in [2.24, 2.45) is 0 Å². The van der Waals surface area contributed by atoms with Gasteiger partial charge in [-0.1, -0.05) is 19.9 Å². The molecule has 2 N–H and O–H groups in total. The number of nitrogens with zero attached hydrogens (tertiary/aromatic N) is 5. The second-order valence-corrected chi connectivity index (χ2v) is 8.93. The van der Waals surface area contributed by atoms with Crippen molar-refractivity contribution in [2.45, 2.75) is 27.2 Å². The maximum atomic E-state index is 13.0. The molecule has 0 saturated heterocycles. The van der Waals surface area contributed by atoms with E-state index < -0.39 is 15.8 Å². The quantitative estimate of drug-likeness (QED) is 0.314. The third-order valence-corrected chi connectivity index (χ3v) is 6.00. The fourth-order valence-corrected chi connectivity index (χ4v) is 4.18. The van der Waals surface area contributed by atoms with Crippen molar-refractivity contribution >= 4 is 16.0 Å². The molecule has 1 aromatic carbocycles. The number of nitrogens with one attached hydrogen (secondary N) is 1. The largest absolute Gasteiger partial charge is 0.494 e. The molecule has 0 aliphatic heterocycles. The summed E-state index contributed by atoms with van der Waals surface area (Å²) < 4.78 is 59.4. The van der Waals surface area contributed by atoms with Crippen LogP contribution in [0, 0.1) is 12.7 Å². The molecular formula is C24H33FN6O6S. The molecule has 0 atom stereocenters. The summed E-state index contributed by atoms with van der Waals surface area (Å²) in [7, 11) is 0.0206. The number of sulfonamides is 1. The summed E-state index contributed by atoms with van der Waals surface area (Å²) in [6.07, 6.45) is 1.92. The molecule has 0 saturated carbocycles. The first-order valence-electron chi connectivity index (χ1n) is 11.5. The molecule has 0 bridgehead atoms. The minimum atomic E-state index is -3.94. The van der Waals surface area contributed by atoms with Crippen molar-refractivity contribution in [1.29, 1.82) is 0 Å². The predicted octanol–water partition coefficient (Wildman–Crippen LogP) is 3.65. The first-order chi connectivity index (χ1) is 18.3. The van der Waals surface area contributed by atoms with E-state index in [0.29, 0.717) is 28.7 Å². The van der Waals surface area contributed by atoms with Crippen LogP contribution in [-0.2, 0) is 16.4 Å². The highest BCUT2D eigenvalue weighted by Crippen LogP contribution is 2.38. The molecule has 4 aromatic rings. The molecule has 208 valence electrons. The minimum Gasteiger partial charge on any atom is -0.494 e. The monoisotopic (exact) mass is 552 g/mol. The van der Waals surface area contributed by atoms with Crippen molar-refractivity contribution in [3.8, 4) is 28.8 Å². The van der Waals surface area contributed by atoms with Crippen molar-refractivity contribution in [3.63, 3.8) is 0 Å². The molecular weight excluding hydrogens is 519 g/mol. The molecule has 0 radical (unpaired) electrons. The summed E-state index contributed by atoms with van der Waals surface area (Å²) in [6.45, 7) is 5.77. The number of aryl methyl sites for hydroxylation is 2. The van der Waals surface area contributed by atoms with Gasteiger partial charge in [-0.25, -0.2) is 22.8 Å². The summed E-state index contributed by atoms with van der Waals surface area (Å²) in [5, 5.41) is 15.2. The van der Waals surface area contributed by atoms with Gasteiger partial charge in [0, 0.05) is 15.0 Å². The van der Waals surface area contributed by atoms with Crippen LogP contribution in [0.3, 0.4) is 0 Å². The van der Waals surface area contributed by atoms with Crippen LogP contribution in [0.5, 0.6) is 11.5 Å². The molecule has 0 fully saturated rings. The second kappa shape index (κ2) is 14.0. The maximum absolute atomic E-state index is 13.0. The van der Waals surface area contributed by atoms with Gasteiger partial charge in [0.25, 0.3) is 0 Å². The number of aliphatic hydroxyl groups excluding tert-OH is 1. The standard InChI is InChI=1S/C21H21FN6O5S.C2H6.CH4O.H2/c1-13-7-8-17(33-13)20-25-26-21(28(20)19-15(31-2)5-4-6-16(19)32-3)27-34(29,30)10-9-18-23-11-14(22)12-24-18;2*1-2;/h4-8,11-12H,9-10H2,1-3H3,(H,26,27);1-2H3;2H,1H3;1H. The van der Waals surface area contributed by atoms with Gasteiger partial charge >= 0.3 is 0 Å². The Labute approximate surface area is 222 Å². The predicted molar refractivity (Wildman–Crippen MR) is 142 cm³/mol. The molecule has 4 rings (SSSR count). The number of benzene rings is 1. The van der Waals surface area contributed by atoms with E-state index in [1.807, 2.05) is 13.8 Å². The summed E-state index contributed by atoms with van der Waals surface area (Å²) in [5.41, 5.74) is 0.376. The van der Waals surface area contributed by atoms with Crippen molar-refractivity contribution in [3.05, 3.63) is 60.1 Å². The number of hydrogen-bond acceptors (Lipinski definition) is 10. The first kappa shape index (κ1) is 30.2. The van der Waals surface area contributed by atoms with Crippen LogP contribution >= 0.6 is 0 Å². The van der Waals surface area contributed by atoms with Crippen LogP contribution in [-0.4, -0.2) is 65.3 Å². The summed E-state index contributed by atoms with van der Waals surface area (Å²) in [6, 6.07) is 8.56. The van der Waals surface area contributed by atoms with E-state index in [1.54, 1.807) is 37.3 Å². The summed E-state index contributed by atoms with van der Waals surface area (Å²) in [4.78, 5) is 7.58. The molecule has 14 heteroatoms. The third kappa shape index (κ3) is 7.26. The lowest BCUT2D eigenvalue weighted by molar-refractivity contribution is 0.391. The lowest BCUT2D eigenvalue weighted by Crippen LogP contribution is -2.21. The van der Waals surface area contributed by atoms with E-state index in [0.717, 1.165) is 19.5 Å². The molecule has 12 nitrogen and oxygen atoms in total. The number of para-hydroxylation sites is 1. The zero-order chi connectivity index (χ0) is 28.3. The van der Waals surface area contributed by atoms with Crippen molar-refractivity contribution < 1.29 is 33.2 Å². The number of hydrogen-bond donors (Lipinski definition) is 2. The first-order valence-corrected chi connectivity index (χ1v) is 13.1. The van der Waals surface area contributed by atoms with Crippen LogP contribution in [0.2, 0.25) is 0 Å². The van der Waals surface area contributed by atoms with E-state index in [2.05, 4.69) is 24.9 Å². The Morgan fingerprint density at radius 3 is 2.18 bits per heavy atom. The maximum Gasteiger partial charge on any atom is 0.243 e. The smallest absolute Gasteiger partial charge is 0.243 e. The Balaban J connectivity index is 0.00000145. The number of aromatic nitrogens is 5. The van der Waals surface area contributed by atoms with E-state index in [1.165, 1.54) is 18.8 Å². The zero-order valence-electron chi connectivity index (χ0n) is 22.0. The fourth-order valence-electron chi connectivity index (χ4n) is 3.21. The van der Waals surface area contributed by atoms with Gasteiger partial charge in [0.05, 0.1) is 32.4 Å². The van der Waals surface area contributed by atoms with Crippen LogP contribution in [0.4, 0.5) is 10.3 Å². The number of furan rings is 1. The highest BCUT2D eigenvalue weighted by molar-refractivity contribution is 7.92. The number of aliphatic hydroxyl groups is 1. The summed E-state index contributed by atoms with van der Waals surface area (Å²) >= 11 is 0. The topological polar surface area (TPSA) is 154 Å². The highest BCUT2D eigenvalue weighted by Gasteiger charge is 2.26. The summed E-state index contributed by atoms with van der Waals surface area (Å²) in [5.74, 6) is 1.12. The number of rotatable bonds is 9. The van der Waals surface area contributed by atoms with E-state index in [9.17, 15) is 12.8 Å². The van der Waals surface area contributed by atoms with E-state index in [-0.39, 0.29) is 31.2 Å². The molecule has 0 unspecified atom stereocenters. The number of ether oxygens (including phenoxy) is 2. The average molecular weight is 553 g/mol. The Hall–Kier alpha value is -4.04. The molecule has 38 heavy (non-hydrogen) atoms. The van der Waals surface area contributed by atoms with Gasteiger partial charge < -0.3 is 19.0 Å². The van der Waals surface area contributed by atoms with Gasteiger partial charge in [-0.3, -0.25) is 9.29 Å². The van der Waals surface area contributed by atoms with Gasteiger partial charge in [0.15, 0.2) is 11.6 Å². The van der Waals surface area contributed by atoms with Crippen molar-refractivity contribution in [2.75, 3.05) is 31.8 Å². The van der Waals surface area contributed by atoms with Crippen LogP contribution in [0.15, 0.2) is 47.1 Å². The van der Waals surface area contributed by atoms with Crippen LogP contribution in [0.1, 0.15) is 26.9 Å². The number of methoxy groups -OCH3 is 2. The molecule has 0 aliphatic carbocycles. The van der Waals surface area contributed by atoms with Crippen LogP contribution < -0.4 is 14.2 Å². The molecule has 0 aliphatic rings. The highest BCUT2D eigenvalue weighted by atomic mass is 32.2. The molecule has 0 amide bonds. The van der Waals surface area contributed by atoms with E-state index in [4.69, 9.17) is 19.0 Å². The lowest BCUT2D eigenvalue weighted by Gasteiger charge is -2.17. The van der Waals surface area contributed by atoms with Gasteiger partial charge in [-0.15, -0.1) is 10.2 Å². The fraction of sp³-hybridized carbons (Fsp3) is 0.333. The molecule has 3 heterocycles. The lowest BCUT2D eigenvalue weighted by atomic mass is 10.2. The molecule has 0 spiro atoms. The second-order valence-electron chi connectivity index (χ2n) is 7.09. The van der Waals surface area contributed by atoms with E-state index >= 15 is 0 Å². The minimum absolute atomic E-state index is 0. The molecule has 3 aromatic heterocycles. The Bertz CT molecular complexity index is 1390. The SMILES string of the molecule is CC.CO.COc1cccc(OC)c1-n1c(NS(=O)(=O)CCc2ncc(F)cn2)nnc1-c1ccc(C)o1.[HH]. The van der Waals surface area contributed by atoms with Gasteiger partial charge in [0.2, 0.25) is 21.8 Å². The van der Waals surface area contributed by atoms with Gasteiger partial charge in [-0.2, -0.15) is 0 Å². The number of anilines is 1. The van der Waals surface area contributed by atoms with Gasteiger partial charge in [-0.05, 0) is 31.2 Å². The van der Waals surface area contributed by atoms with Crippen LogP contribution in [0.25, 0.3) is 17.3 Å². The Morgan fingerprint density at radius 1 is 1.05 bits per heavy atom. The Morgan fingerprint density at radius 2 is 1.66 bits per heavy atom. The van der Waals surface area contributed by atoms with Crippen molar-refractivity contribution in [1.82, 2.24) is 24.7 Å².